The van der Waals surface area contributed by atoms with Crippen LogP contribution in [0.1, 0.15) is 48.9 Å². The molecule has 32 heavy (non-hydrogen) atoms. The van der Waals surface area contributed by atoms with Crippen molar-refractivity contribution in [2.75, 3.05) is 26.4 Å². The Morgan fingerprint density at radius 1 is 0.688 bits per heavy atom. The molecule has 4 heteroatoms. The molecule has 4 rings (SSSR count). The van der Waals surface area contributed by atoms with Gasteiger partial charge in [-0.3, -0.25) is 0 Å². The molecule has 4 unspecified atom stereocenters. The minimum absolute atomic E-state index is 0.385. The van der Waals surface area contributed by atoms with Crippen molar-refractivity contribution in [2.45, 2.75) is 66.6 Å². The minimum Gasteiger partial charge on any atom is -0.493 e. The highest BCUT2D eigenvalue weighted by atomic mass is 16.6. The van der Waals surface area contributed by atoms with E-state index < -0.39 is 0 Å². The van der Waals surface area contributed by atoms with E-state index in [1.54, 1.807) is 0 Å². The smallest absolute Gasteiger partial charge is 0.125 e. The Morgan fingerprint density at radius 2 is 1.00 bits per heavy atom. The molecule has 0 radical (unpaired) electrons. The van der Waals surface area contributed by atoms with Gasteiger partial charge < -0.3 is 18.9 Å². The Labute approximate surface area is 193 Å². The monoisotopic (exact) mass is 438 g/mol. The first-order valence-corrected chi connectivity index (χ1v) is 12.1. The van der Waals surface area contributed by atoms with E-state index in [0.29, 0.717) is 24.0 Å². The lowest BCUT2D eigenvalue weighted by atomic mass is 9.96. The molecule has 0 amide bonds. The van der Waals surface area contributed by atoms with Crippen LogP contribution in [0.15, 0.2) is 24.3 Å². The number of hydrogen-bond donors (Lipinski definition) is 0. The van der Waals surface area contributed by atoms with Crippen LogP contribution in [0, 0.1) is 39.5 Å². The lowest BCUT2D eigenvalue weighted by Crippen LogP contribution is -2.17. The second-order valence-electron chi connectivity index (χ2n) is 9.58. The summed E-state index contributed by atoms with van der Waals surface area (Å²) >= 11 is 0. The largest absolute Gasteiger partial charge is 0.493 e. The molecule has 2 saturated heterocycles. The van der Waals surface area contributed by atoms with E-state index in [1.165, 1.54) is 33.4 Å². The van der Waals surface area contributed by atoms with Crippen LogP contribution in [-0.2, 0) is 9.47 Å². The summed E-state index contributed by atoms with van der Waals surface area (Å²) in [6.45, 7) is 16.2. The molecular formula is C28H38O4. The van der Waals surface area contributed by atoms with Crippen LogP contribution < -0.4 is 9.47 Å². The van der Waals surface area contributed by atoms with Crippen LogP contribution in [-0.4, -0.2) is 38.6 Å². The summed E-state index contributed by atoms with van der Waals surface area (Å²) in [5.74, 6) is 2.97. The summed E-state index contributed by atoms with van der Waals surface area (Å²) in [6.07, 6.45) is 2.94. The van der Waals surface area contributed by atoms with Gasteiger partial charge in [0.2, 0.25) is 0 Å². The predicted molar refractivity (Wildman–Crippen MR) is 129 cm³/mol. The van der Waals surface area contributed by atoms with Crippen LogP contribution in [0.25, 0.3) is 11.1 Å². The van der Waals surface area contributed by atoms with Gasteiger partial charge in [0.05, 0.1) is 38.6 Å². The minimum atomic E-state index is 0.385. The summed E-state index contributed by atoms with van der Waals surface area (Å²) in [7, 11) is 0. The predicted octanol–water partition coefficient (Wildman–Crippen LogP) is 6.19. The third-order valence-corrected chi connectivity index (χ3v) is 6.96. The quantitative estimate of drug-likeness (QED) is 0.392. The van der Waals surface area contributed by atoms with E-state index in [4.69, 9.17) is 18.9 Å². The average Bonchev–Trinajstić information content (AvgIpc) is 3.65. The van der Waals surface area contributed by atoms with Crippen LogP contribution in [0.3, 0.4) is 0 Å². The zero-order chi connectivity index (χ0) is 22.8. The molecule has 0 spiro atoms. The van der Waals surface area contributed by atoms with E-state index in [1.807, 2.05) is 0 Å². The Bertz CT molecular complexity index is 819. The van der Waals surface area contributed by atoms with Gasteiger partial charge >= 0.3 is 0 Å². The maximum absolute atomic E-state index is 6.26. The number of ether oxygens (including phenoxy) is 4. The first kappa shape index (κ1) is 23.1. The third-order valence-electron chi connectivity index (χ3n) is 6.96. The van der Waals surface area contributed by atoms with E-state index in [-0.39, 0.29) is 0 Å². The molecular weight excluding hydrogens is 400 g/mol. The molecule has 0 N–H and O–H groups in total. The van der Waals surface area contributed by atoms with Crippen molar-refractivity contribution in [1.29, 1.82) is 0 Å². The summed E-state index contributed by atoms with van der Waals surface area (Å²) in [5.41, 5.74) is 7.16. The van der Waals surface area contributed by atoms with Crippen molar-refractivity contribution in [2.24, 2.45) is 11.8 Å². The summed E-state index contributed by atoms with van der Waals surface area (Å²) in [4.78, 5) is 0. The van der Waals surface area contributed by atoms with Gasteiger partial charge in [-0.25, -0.2) is 0 Å². The molecule has 2 aromatic carbocycles. The van der Waals surface area contributed by atoms with Crippen molar-refractivity contribution in [3.05, 3.63) is 46.5 Å². The molecule has 0 saturated carbocycles. The standard InChI is InChI=1S/C28H38O4/c1-7-21(25-15-29-25)13-31-27-17(3)9-23(10-18(27)4)24-11-19(5)28(20(6)12-24)32-14-22(8-2)26-16-30-26/h9-12,21-22,25-26H,7-8,13-16H2,1-6H3. The Hall–Kier alpha value is -2.04. The first-order chi connectivity index (χ1) is 15.4. The van der Waals surface area contributed by atoms with Crippen molar-refractivity contribution in [3.8, 4) is 22.6 Å². The number of hydrogen-bond acceptors (Lipinski definition) is 4. The zero-order valence-electron chi connectivity index (χ0n) is 20.5. The lowest BCUT2D eigenvalue weighted by Gasteiger charge is -2.19. The molecule has 4 atom stereocenters. The SMILES string of the molecule is CCC(COc1c(C)cc(-c2cc(C)c(OCC(CC)C3CO3)c(C)c2)cc1C)C1CO1. The summed E-state index contributed by atoms with van der Waals surface area (Å²) < 4.78 is 23.5. The van der Waals surface area contributed by atoms with Gasteiger partial charge in [-0.2, -0.15) is 0 Å². The topological polar surface area (TPSA) is 43.5 Å². The highest BCUT2D eigenvalue weighted by Gasteiger charge is 2.33. The number of epoxide rings is 2. The molecule has 2 aromatic rings. The lowest BCUT2D eigenvalue weighted by molar-refractivity contribution is 0.205. The van der Waals surface area contributed by atoms with Crippen molar-refractivity contribution in [3.63, 3.8) is 0 Å². The number of benzene rings is 2. The molecule has 0 bridgehead atoms. The van der Waals surface area contributed by atoms with Gasteiger partial charge in [-0.1, -0.05) is 13.8 Å². The molecule has 174 valence electrons. The van der Waals surface area contributed by atoms with Crippen LogP contribution in [0.4, 0.5) is 0 Å². The number of aryl methyl sites for hydroxylation is 4. The second-order valence-corrected chi connectivity index (χ2v) is 9.58. The number of rotatable bonds is 11. The van der Waals surface area contributed by atoms with E-state index in [0.717, 1.165) is 50.8 Å². The summed E-state index contributed by atoms with van der Waals surface area (Å²) in [5, 5.41) is 0. The highest BCUT2D eigenvalue weighted by molar-refractivity contribution is 5.70. The van der Waals surface area contributed by atoms with Crippen molar-refractivity contribution >= 4 is 0 Å². The van der Waals surface area contributed by atoms with E-state index in [2.05, 4.69) is 65.8 Å². The van der Waals surface area contributed by atoms with Crippen LogP contribution in [0.2, 0.25) is 0 Å². The maximum atomic E-state index is 6.26. The Kier molecular flexibility index (Phi) is 7.11. The molecule has 2 aliphatic heterocycles. The van der Waals surface area contributed by atoms with Gasteiger partial charge in [0, 0.05) is 11.8 Å². The van der Waals surface area contributed by atoms with E-state index >= 15 is 0 Å². The fourth-order valence-electron chi connectivity index (χ4n) is 4.70. The zero-order valence-corrected chi connectivity index (χ0v) is 20.5. The summed E-state index contributed by atoms with van der Waals surface area (Å²) in [6, 6.07) is 8.96. The average molecular weight is 439 g/mol. The molecule has 2 aliphatic rings. The van der Waals surface area contributed by atoms with Crippen molar-refractivity contribution < 1.29 is 18.9 Å². The first-order valence-electron chi connectivity index (χ1n) is 12.1. The third kappa shape index (κ3) is 5.29. The van der Waals surface area contributed by atoms with Gasteiger partial charge in [0.25, 0.3) is 0 Å². The molecule has 2 heterocycles. The maximum Gasteiger partial charge on any atom is 0.125 e. The molecule has 2 fully saturated rings. The van der Waals surface area contributed by atoms with Crippen molar-refractivity contribution in [1.82, 2.24) is 0 Å². The fourth-order valence-corrected chi connectivity index (χ4v) is 4.70. The van der Waals surface area contributed by atoms with E-state index in [9.17, 15) is 0 Å². The van der Waals surface area contributed by atoms with Gasteiger partial charge in [0.1, 0.15) is 11.5 Å². The molecule has 4 nitrogen and oxygen atoms in total. The Morgan fingerprint density at radius 3 is 1.25 bits per heavy atom. The van der Waals surface area contributed by atoms with Gasteiger partial charge in [0.15, 0.2) is 0 Å². The fraction of sp³-hybridized carbons (Fsp3) is 0.571. The van der Waals surface area contributed by atoms with Gasteiger partial charge in [-0.05, 0) is 98.2 Å². The Balaban J connectivity index is 1.48. The van der Waals surface area contributed by atoms with Crippen LogP contribution >= 0.6 is 0 Å². The van der Waals surface area contributed by atoms with Gasteiger partial charge in [-0.15, -0.1) is 0 Å². The van der Waals surface area contributed by atoms with Crippen LogP contribution in [0.5, 0.6) is 11.5 Å². The normalized spacial score (nSPS) is 21.2. The molecule has 0 aliphatic carbocycles. The highest BCUT2D eigenvalue weighted by Crippen LogP contribution is 2.35. The second kappa shape index (κ2) is 9.84. The molecule has 0 aromatic heterocycles.